The Kier molecular flexibility index (Phi) is 5.04. The van der Waals surface area contributed by atoms with E-state index in [1.54, 1.807) is 11.9 Å². The van der Waals surface area contributed by atoms with Crippen molar-refractivity contribution in [3.8, 4) is 0 Å². The summed E-state index contributed by atoms with van der Waals surface area (Å²) in [6.45, 7) is 3.30. The number of rotatable bonds is 5. The van der Waals surface area contributed by atoms with Crippen LogP contribution in [0, 0.1) is 5.92 Å². The van der Waals surface area contributed by atoms with Crippen LogP contribution in [0.5, 0.6) is 0 Å². The molecule has 0 radical (unpaired) electrons. The van der Waals surface area contributed by atoms with E-state index < -0.39 is 9.84 Å². The summed E-state index contributed by atoms with van der Waals surface area (Å²) in [5.41, 5.74) is 0. The molecule has 20 heavy (non-hydrogen) atoms. The summed E-state index contributed by atoms with van der Waals surface area (Å²) in [6, 6.07) is -0.136. The van der Waals surface area contributed by atoms with Crippen molar-refractivity contribution in [1.29, 1.82) is 0 Å². The van der Waals surface area contributed by atoms with Gasteiger partial charge in [-0.1, -0.05) is 0 Å². The van der Waals surface area contributed by atoms with Gasteiger partial charge >= 0.3 is 0 Å². The SMILES string of the molecule is CNCC1CCN(CC(=O)N(C)C2CCS(=O)(=O)C2)C1. The lowest BCUT2D eigenvalue weighted by molar-refractivity contribution is -0.132. The van der Waals surface area contributed by atoms with Gasteiger partial charge in [0.15, 0.2) is 9.84 Å². The molecule has 2 atom stereocenters. The number of carbonyl (C=O) groups excluding carboxylic acids is 1. The largest absolute Gasteiger partial charge is 0.341 e. The second kappa shape index (κ2) is 6.41. The van der Waals surface area contributed by atoms with Crippen molar-refractivity contribution in [2.75, 3.05) is 51.8 Å². The lowest BCUT2D eigenvalue weighted by Crippen LogP contribution is -2.43. The van der Waals surface area contributed by atoms with Crippen LogP contribution in [-0.2, 0) is 14.6 Å². The standard InChI is InChI=1S/C13H25N3O3S/c1-14-7-11-3-5-16(8-11)9-13(17)15(2)12-4-6-20(18,19)10-12/h11-12,14H,3-10H2,1-2H3. The zero-order chi connectivity index (χ0) is 14.8. The summed E-state index contributed by atoms with van der Waals surface area (Å²) in [5, 5.41) is 3.17. The van der Waals surface area contributed by atoms with Gasteiger partial charge in [0, 0.05) is 19.6 Å². The number of nitrogens with one attached hydrogen (secondary N) is 1. The van der Waals surface area contributed by atoms with Gasteiger partial charge in [0.2, 0.25) is 5.91 Å². The predicted molar refractivity (Wildman–Crippen MR) is 78.3 cm³/mol. The van der Waals surface area contributed by atoms with E-state index in [4.69, 9.17) is 0 Å². The molecule has 0 spiro atoms. The Morgan fingerprint density at radius 2 is 2.15 bits per heavy atom. The Balaban J connectivity index is 1.80. The van der Waals surface area contributed by atoms with Gasteiger partial charge in [0.25, 0.3) is 0 Å². The van der Waals surface area contributed by atoms with Crippen LogP contribution in [-0.4, -0.2) is 81.9 Å². The molecule has 2 fully saturated rings. The van der Waals surface area contributed by atoms with E-state index in [9.17, 15) is 13.2 Å². The van der Waals surface area contributed by atoms with Crippen LogP contribution in [0.4, 0.5) is 0 Å². The molecule has 2 aliphatic heterocycles. The third-order valence-corrected chi connectivity index (χ3v) is 6.12. The third kappa shape index (κ3) is 3.93. The molecule has 2 rings (SSSR count). The van der Waals surface area contributed by atoms with Gasteiger partial charge in [0.05, 0.1) is 18.1 Å². The fourth-order valence-electron chi connectivity index (χ4n) is 3.10. The second-order valence-corrected chi connectivity index (χ2v) is 8.24. The van der Waals surface area contributed by atoms with Crippen molar-refractivity contribution < 1.29 is 13.2 Å². The number of amides is 1. The number of nitrogens with zero attached hydrogens (tertiary/aromatic N) is 2. The fourth-order valence-corrected chi connectivity index (χ4v) is 4.87. The molecule has 2 unspecified atom stereocenters. The average molecular weight is 303 g/mol. The van der Waals surface area contributed by atoms with E-state index in [0.717, 1.165) is 26.1 Å². The van der Waals surface area contributed by atoms with Crippen LogP contribution in [0.25, 0.3) is 0 Å². The minimum Gasteiger partial charge on any atom is -0.341 e. The van der Waals surface area contributed by atoms with Crippen molar-refractivity contribution in [2.24, 2.45) is 5.92 Å². The summed E-state index contributed by atoms with van der Waals surface area (Å²) in [5.74, 6) is 0.989. The molecule has 116 valence electrons. The molecular weight excluding hydrogens is 278 g/mol. The second-order valence-electron chi connectivity index (χ2n) is 6.01. The highest BCUT2D eigenvalue weighted by atomic mass is 32.2. The molecule has 7 heteroatoms. The first-order chi connectivity index (χ1) is 9.41. The van der Waals surface area contributed by atoms with Gasteiger partial charge in [-0.05, 0) is 38.9 Å². The lowest BCUT2D eigenvalue weighted by Gasteiger charge is -2.26. The highest BCUT2D eigenvalue weighted by Gasteiger charge is 2.33. The first kappa shape index (κ1) is 15.7. The number of hydrogen-bond acceptors (Lipinski definition) is 5. The minimum absolute atomic E-state index is 0.0391. The van der Waals surface area contributed by atoms with Crippen LogP contribution in [0.3, 0.4) is 0 Å². The van der Waals surface area contributed by atoms with Crippen LogP contribution >= 0.6 is 0 Å². The summed E-state index contributed by atoms with van der Waals surface area (Å²) < 4.78 is 22.9. The molecule has 0 aromatic carbocycles. The molecule has 2 heterocycles. The molecule has 1 N–H and O–H groups in total. The first-order valence-electron chi connectivity index (χ1n) is 7.24. The van der Waals surface area contributed by atoms with Crippen molar-refractivity contribution in [3.05, 3.63) is 0 Å². The van der Waals surface area contributed by atoms with Crippen molar-refractivity contribution >= 4 is 15.7 Å². The highest BCUT2D eigenvalue weighted by Crippen LogP contribution is 2.18. The van der Waals surface area contributed by atoms with E-state index in [-0.39, 0.29) is 23.5 Å². The van der Waals surface area contributed by atoms with Crippen molar-refractivity contribution in [2.45, 2.75) is 18.9 Å². The maximum Gasteiger partial charge on any atom is 0.236 e. The first-order valence-corrected chi connectivity index (χ1v) is 9.06. The van der Waals surface area contributed by atoms with E-state index in [0.29, 0.717) is 18.9 Å². The van der Waals surface area contributed by atoms with Crippen molar-refractivity contribution in [3.63, 3.8) is 0 Å². The molecule has 0 aromatic heterocycles. The number of hydrogen-bond donors (Lipinski definition) is 1. The predicted octanol–water partition coefficient (Wildman–Crippen LogP) is -0.827. The maximum absolute atomic E-state index is 12.2. The van der Waals surface area contributed by atoms with E-state index in [2.05, 4.69) is 10.2 Å². The highest BCUT2D eigenvalue weighted by molar-refractivity contribution is 7.91. The smallest absolute Gasteiger partial charge is 0.236 e. The van der Waals surface area contributed by atoms with Gasteiger partial charge in [-0.25, -0.2) is 8.42 Å². The summed E-state index contributed by atoms with van der Waals surface area (Å²) in [4.78, 5) is 16.0. The molecule has 1 amide bonds. The molecule has 0 saturated carbocycles. The van der Waals surface area contributed by atoms with Gasteiger partial charge in [0.1, 0.15) is 0 Å². The summed E-state index contributed by atoms with van der Waals surface area (Å²) in [6.07, 6.45) is 1.70. The average Bonchev–Trinajstić information content (AvgIpc) is 2.95. The molecule has 2 aliphatic rings. The quantitative estimate of drug-likeness (QED) is 0.718. The van der Waals surface area contributed by atoms with Crippen LogP contribution in [0.15, 0.2) is 0 Å². The van der Waals surface area contributed by atoms with Gasteiger partial charge in [-0.15, -0.1) is 0 Å². The van der Waals surface area contributed by atoms with Crippen LogP contribution in [0.2, 0.25) is 0 Å². The molecule has 0 bridgehead atoms. The monoisotopic (exact) mass is 303 g/mol. The fraction of sp³-hybridized carbons (Fsp3) is 0.923. The Morgan fingerprint density at radius 3 is 2.75 bits per heavy atom. The zero-order valence-corrected chi connectivity index (χ0v) is 13.2. The molecule has 6 nitrogen and oxygen atoms in total. The minimum atomic E-state index is -2.93. The third-order valence-electron chi connectivity index (χ3n) is 4.37. The van der Waals surface area contributed by atoms with Crippen LogP contribution < -0.4 is 5.32 Å². The van der Waals surface area contributed by atoms with Gasteiger partial charge in [-0.3, -0.25) is 9.69 Å². The Hall–Kier alpha value is -0.660. The zero-order valence-electron chi connectivity index (χ0n) is 12.3. The normalized spacial score (nSPS) is 29.7. The Labute approximate surface area is 121 Å². The molecular formula is C13H25N3O3S. The number of carbonyl (C=O) groups is 1. The van der Waals surface area contributed by atoms with E-state index in [1.807, 2.05) is 7.05 Å². The Morgan fingerprint density at radius 1 is 1.40 bits per heavy atom. The molecule has 2 saturated heterocycles. The summed E-state index contributed by atoms with van der Waals surface area (Å²) in [7, 11) is 0.745. The lowest BCUT2D eigenvalue weighted by atomic mass is 10.1. The van der Waals surface area contributed by atoms with E-state index >= 15 is 0 Å². The number of likely N-dealkylation sites (tertiary alicyclic amines) is 1. The van der Waals surface area contributed by atoms with E-state index in [1.165, 1.54) is 0 Å². The number of sulfone groups is 1. The van der Waals surface area contributed by atoms with Gasteiger partial charge in [-0.2, -0.15) is 0 Å². The Bertz CT molecular complexity index is 452. The maximum atomic E-state index is 12.2. The molecule has 0 aromatic rings. The number of likely N-dealkylation sites (N-methyl/N-ethyl adjacent to an activating group) is 1. The molecule has 0 aliphatic carbocycles. The van der Waals surface area contributed by atoms with Gasteiger partial charge < -0.3 is 10.2 Å². The van der Waals surface area contributed by atoms with Crippen molar-refractivity contribution in [1.82, 2.24) is 15.1 Å². The van der Waals surface area contributed by atoms with Crippen LogP contribution in [0.1, 0.15) is 12.8 Å². The summed E-state index contributed by atoms with van der Waals surface area (Å²) >= 11 is 0. The topological polar surface area (TPSA) is 69.7 Å².